The van der Waals surface area contributed by atoms with E-state index in [4.69, 9.17) is 35.4 Å². The van der Waals surface area contributed by atoms with Gasteiger partial charge in [0.1, 0.15) is 0 Å². The Balaban J connectivity index is 2.08. The molecule has 2 aromatic carbocycles. The number of benzene rings is 2. The smallest absolute Gasteiger partial charge is 0.168 e. The number of ketones is 1. The van der Waals surface area contributed by atoms with Gasteiger partial charge in [-0.1, -0.05) is 47.6 Å². The average molecular weight is 309 g/mol. The maximum absolute atomic E-state index is 12.1. The fraction of sp³-hybridized carbons (Fsp3) is 0.0667. The van der Waals surface area contributed by atoms with E-state index in [9.17, 15) is 4.79 Å². The number of rotatable bonds is 4. The molecule has 0 aliphatic carbocycles. The van der Waals surface area contributed by atoms with Crippen LogP contribution in [0.15, 0.2) is 48.5 Å². The summed E-state index contributed by atoms with van der Waals surface area (Å²) in [5.41, 5.74) is 1.46. The highest BCUT2D eigenvalue weighted by Crippen LogP contribution is 2.15. The normalized spacial score (nSPS) is 10.2. The van der Waals surface area contributed by atoms with Gasteiger partial charge in [0.05, 0.1) is 0 Å². The number of Topliss-reactive ketones (excluding diaryl/α,β-unsaturated/α-hetero) is 1. The van der Waals surface area contributed by atoms with Crippen LogP contribution in [-0.4, -0.2) is 10.6 Å². The molecule has 0 saturated carbocycles. The van der Waals surface area contributed by atoms with Crippen molar-refractivity contribution in [1.29, 1.82) is 0 Å². The molecule has 0 unspecified atom stereocenters. The van der Waals surface area contributed by atoms with Crippen LogP contribution in [0.5, 0.6) is 0 Å². The quantitative estimate of drug-likeness (QED) is 0.585. The summed E-state index contributed by atoms with van der Waals surface area (Å²) >= 11 is 16.9. The first-order chi connectivity index (χ1) is 9.06. The number of thiocarbonyl (C=S) groups is 1. The van der Waals surface area contributed by atoms with Gasteiger partial charge in [0, 0.05) is 26.9 Å². The van der Waals surface area contributed by atoms with Crippen molar-refractivity contribution in [2.24, 2.45) is 0 Å². The van der Waals surface area contributed by atoms with Crippen LogP contribution in [-0.2, 0) is 0 Å². The van der Waals surface area contributed by atoms with Crippen LogP contribution in [0.1, 0.15) is 22.3 Å². The number of hydrogen-bond acceptors (Lipinski definition) is 2. The second-order valence-corrected chi connectivity index (χ2v) is 5.40. The first-order valence-electron chi connectivity index (χ1n) is 5.64. The van der Waals surface area contributed by atoms with Crippen LogP contribution in [0, 0.1) is 0 Å². The predicted octanol–water partition coefficient (Wildman–Crippen LogP) is 4.98. The van der Waals surface area contributed by atoms with E-state index in [-0.39, 0.29) is 12.2 Å². The minimum Gasteiger partial charge on any atom is -0.294 e. The van der Waals surface area contributed by atoms with Crippen molar-refractivity contribution in [2.75, 3.05) is 0 Å². The maximum Gasteiger partial charge on any atom is 0.168 e. The topological polar surface area (TPSA) is 17.1 Å². The molecule has 2 rings (SSSR count). The molecule has 0 atom stereocenters. The van der Waals surface area contributed by atoms with Crippen molar-refractivity contribution in [3.8, 4) is 0 Å². The van der Waals surface area contributed by atoms with Crippen LogP contribution in [0.3, 0.4) is 0 Å². The molecule has 0 bridgehead atoms. The van der Waals surface area contributed by atoms with E-state index in [0.717, 1.165) is 5.56 Å². The Morgan fingerprint density at radius 2 is 1.26 bits per heavy atom. The molecular weight excluding hydrogens is 299 g/mol. The lowest BCUT2D eigenvalue weighted by Crippen LogP contribution is -2.07. The van der Waals surface area contributed by atoms with E-state index >= 15 is 0 Å². The summed E-state index contributed by atoms with van der Waals surface area (Å²) in [4.78, 5) is 12.7. The third kappa shape index (κ3) is 3.87. The monoisotopic (exact) mass is 308 g/mol. The molecule has 1 nitrogen and oxygen atoms in total. The van der Waals surface area contributed by atoms with Gasteiger partial charge >= 0.3 is 0 Å². The standard InChI is InChI=1S/C15H10Cl2OS/c16-12-5-1-10(2-6-12)14(18)9-15(19)11-3-7-13(17)8-4-11/h1-8H,9H2. The van der Waals surface area contributed by atoms with E-state index in [1.165, 1.54) is 0 Å². The molecule has 2 aromatic rings. The predicted molar refractivity (Wildman–Crippen MR) is 83.6 cm³/mol. The molecule has 0 amide bonds. The molecule has 0 N–H and O–H groups in total. The van der Waals surface area contributed by atoms with Gasteiger partial charge in [-0.3, -0.25) is 4.79 Å². The van der Waals surface area contributed by atoms with Crippen LogP contribution in [0.2, 0.25) is 10.0 Å². The first kappa shape index (κ1) is 14.2. The lowest BCUT2D eigenvalue weighted by molar-refractivity contribution is 0.100. The van der Waals surface area contributed by atoms with Crippen molar-refractivity contribution < 1.29 is 4.79 Å². The zero-order valence-electron chi connectivity index (χ0n) is 9.90. The molecule has 96 valence electrons. The Bertz CT molecular complexity index is 548. The van der Waals surface area contributed by atoms with Crippen LogP contribution < -0.4 is 0 Å². The zero-order valence-corrected chi connectivity index (χ0v) is 12.2. The summed E-state index contributed by atoms with van der Waals surface area (Å²) in [5.74, 6) is -0.0170. The van der Waals surface area contributed by atoms with Crippen molar-refractivity contribution in [3.63, 3.8) is 0 Å². The molecule has 0 spiro atoms. The third-order valence-corrected chi connectivity index (χ3v) is 3.54. The second-order valence-electron chi connectivity index (χ2n) is 4.04. The van der Waals surface area contributed by atoms with Crippen molar-refractivity contribution in [1.82, 2.24) is 0 Å². The van der Waals surface area contributed by atoms with E-state index in [0.29, 0.717) is 20.5 Å². The summed E-state index contributed by atoms with van der Waals surface area (Å²) in [7, 11) is 0. The Kier molecular flexibility index (Phi) is 4.70. The van der Waals surface area contributed by atoms with Gasteiger partial charge in [0.15, 0.2) is 5.78 Å². The van der Waals surface area contributed by atoms with Crippen LogP contribution in [0.25, 0.3) is 0 Å². The molecular formula is C15H10Cl2OS. The molecule has 0 aliphatic heterocycles. The molecule has 4 heteroatoms. The number of carbonyl (C=O) groups excluding carboxylic acids is 1. The summed E-state index contributed by atoms with van der Waals surface area (Å²) < 4.78 is 0. The molecule has 0 aromatic heterocycles. The van der Waals surface area contributed by atoms with Gasteiger partial charge in [0.25, 0.3) is 0 Å². The zero-order chi connectivity index (χ0) is 13.8. The van der Waals surface area contributed by atoms with Crippen LogP contribution >= 0.6 is 35.4 Å². The molecule has 19 heavy (non-hydrogen) atoms. The average Bonchev–Trinajstić information content (AvgIpc) is 2.40. The van der Waals surface area contributed by atoms with E-state index in [1.54, 1.807) is 36.4 Å². The lowest BCUT2D eigenvalue weighted by Gasteiger charge is -2.04. The van der Waals surface area contributed by atoms with Crippen molar-refractivity contribution >= 4 is 46.1 Å². The maximum atomic E-state index is 12.1. The number of carbonyl (C=O) groups is 1. The van der Waals surface area contributed by atoms with Crippen molar-refractivity contribution in [3.05, 3.63) is 69.7 Å². The number of halogens is 2. The van der Waals surface area contributed by atoms with Gasteiger partial charge in [-0.15, -0.1) is 0 Å². The lowest BCUT2D eigenvalue weighted by atomic mass is 10.0. The van der Waals surface area contributed by atoms with E-state index in [1.807, 2.05) is 12.1 Å². The summed E-state index contributed by atoms with van der Waals surface area (Å²) in [6, 6.07) is 14.0. The van der Waals surface area contributed by atoms with Gasteiger partial charge in [0.2, 0.25) is 0 Å². The molecule has 0 saturated heterocycles. The van der Waals surface area contributed by atoms with E-state index < -0.39 is 0 Å². The minimum absolute atomic E-state index is 0.0170. The van der Waals surface area contributed by atoms with Gasteiger partial charge < -0.3 is 0 Å². The Hall–Kier alpha value is -1.22. The summed E-state index contributed by atoms with van der Waals surface area (Å²) in [6.07, 6.45) is 0.207. The highest BCUT2D eigenvalue weighted by Gasteiger charge is 2.10. The molecule has 0 heterocycles. The third-order valence-electron chi connectivity index (χ3n) is 2.65. The summed E-state index contributed by atoms with van der Waals surface area (Å²) in [5, 5.41) is 1.26. The Labute approximate surface area is 127 Å². The molecule has 0 aliphatic rings. The van der Waals surface area contributed by atoms with E-state index in [2.05, 4.69) is 0 Å². The Morgan fingerprint density at radius 3 is 1.74 bits per heavy atom. The highest BCUT2D eigenvalue weighted by atomic mass is 35.5. The fourth-order valence-electron chi connectivity index (χ4n) is 1.62. The van der Waals surface area contributed by atoms with Crippen molar-refractivity contribution in [2.45, 2.75) is 6.42 Å². The Morgan fingerprint density at radius 1 is 0.842 bits per heavy atom. The van der Waals surface area contributed by atoms with Gasteiger partial charge in [-0.2, -0.15) is 0 Å². The first-order valence-corrected chi connectivity index (χ1v) is 6.80. The molecule has 0 radical (unpaired) electrons. The fourth-order valence-corrected chi connectivity index (χ4v) is 2.14. The largest absolute Gasteiger partial charge is 0.294 e. The minimum atomic E-state index is -0.0170. The van der Waals surface area contributed by atoms with Gasteiger partial charge in [-0.25, -0.2) is 0 Å². The summed E-state index contributed by atoms with van der Waals surface area (Å²) in [6.45, 7) is 0. The number of hydrogen-bond donors (Lipinski definition) is 0. The highest BCUT2D eigenvalue weighted by molar-refractivity contribution is 7.80. The second kappa shape index (κ2) is 6.29. The van der Waals surface area contributed by atoms with Gasteiger partial charge in [-0.05, 0) is 42.0 Å². The SMILES string of the molecule is O=C(CC(=S)c1ccc(Cl)cc1)c1ccc(Cl)cc1. The van der Waals surface area contributed by atoms with Crippen LogP contribution in [0.4, 0.5) is 0 Å². The molecule has 0 fully saturated rings.